The van der Waals surface area contributed by atoms with E-state index in [-0.39, 0.29) is 0 Å². The second-order valence-electron chi connectivity index (χ2n) is 5.41. The van der Waals surface area contributed by atoms with E-state index < -0.39 is 0 Å². The van der Waals surface area contributed by atoms with Crippen LogP contribution in [0.5, 0.6) is 5.75 Å². The summed E-state index contributed by atoms with van der Waals surface area (Å²) in [6.07, 6.45) is 1.33. The highest BCUT2D eigenvalue weighted by molar-refractivity contribution is 5.26. The van der Waals surface area contributed by atoms with Crippen LogP contribution in [0.4, 0.5) is 0 Å². The SMILES string of the molecule is CC1CN(C(C)Cc2ccc(O)cc2)C(C)CO1. The smallest absolute Gasteiger partial charge is 0.115 e. The van der Waals surface area contributed by atoms with Crippen molar-refractivity contribution in [3.05, 3.63) is 29.8 Å². The van der Waals surface area contributed by atoms with Crippen LogP contribution in [-0.4, -0.2) is 41.3 Å². The van der Waals surface area contributed by atoms with Gasteiger partial charge in [0, 0.05) is 18.6 Å². The number of phenolic OH excluding ortho intramolecular Hbond substituents is 1. The first-order valence-electron chi connectivity index (χ1n) is 6.71. The zero-order chi connectivity index (χ0) is 13.1. The summed E-state index contributed by atoms with van der Waals surface area (Å²) in [6.45, 7) is 8.44. The topological polar surface area (TPSA) is 32.7 Å². The first-order valence-corrected chi connectivity index (χ1v) is 6.71. The molecule has 3 nitrogen and oxygen atoms in total. The molecule has 1 N–H and O–H groups in total. The molecule has 18 heavy (non-hydrogen) atoms. The fourth-order valence-electron chi connectivity index (χ4n) is 2.63. The lowest BCUT2D eigenvalue weighted by molar-refractivity contribution is -0.0632. The third-order valence-corrected chi connectivity index (χ3v) is 3.69. The Kier molecular flexibility index (Phi) is 4.25. The predicted octanol–water partition coefficient (Wildman–Crippen LogP) is 2.43. The van der Waals surface area contributed by atoms with Crippen molar-refractivity contribution in [2.24, 2.45) is 0 Å². The maximum absolute atomic E-state index is 9.29. The molecule has 0 saturated carbocycles. The van der Waals surface area contributed by atoms with Gasteiger partial charge in [-0.15, -0.1) is 0 Å². The van der Waals surface area contributed by atoms with Crippen molar-refractivity contribution < 1.29 is 9.84 Å². The van der Waals surface area contributed by atoms with Crippen LogP contribution < -0.4 is 0 Å². The lowest BCUT2D eigenvalue weighted by Crippen LogP contribution is -2.51. The van der Waals surface area contributed by atoms with Gasteiger partial charge in [-0.25, -0.2) is 0 Å². The molecule has 0 spiro atoms. The molecule has 0 bridgehead atoms. The Bertz CT molecular complexity index is 377. The fourth-order valence-corrected chi connectivity index (χ4v) is 2.63. The number of aromatic hydroxyl groups is 1. The monoisotopic (exact) mass is 249 g/mol. The number of hydrogen-bond donors (Lipinski definition) is 1. The first-order chi connectivity index (χ1) is 8.56. The molecule has 0 aromatic heterocycles. The van der Waals surface area contributed by atoms with Crippen LogP contribution in [0.1, 0.15) is 26.3 Å². The van der Waals surface area contributed by atoms with Gasteiger partial charge in [0.15, 0.2) is 0 Å². The summed E-state index contributed by atoms with van der Waals surface area (Å²) < 4.78 is 5.66. The molecule has 1 aromatic rings. The molecular weight excluding hydrogens is 226 g/mol. The highest BCUT2D eigenvalue weighted by Gasteiger charge is 2.27. The second kappa shape index (κ2) is 5.72. The minimum atomic E-state index is 0.323. The molecule has 1 saturated heterocycles. The van der Waals surface area contributed by atoms with Crippen molar-refractivity contribution in [3.63, 3.8) is 0 Å². The van der Waals surface area contributed by atoms with Crippen LogP contribution >= 0.6 is 0 Å². The Hall–Kier alpha value is -1.06. The molecule has 3 heteroatoms. The minimum absolute atomic E-state index is 0.323. The quantitative estimate of drug-likeness (QED) is 0.893. The van der Waals surface area contributed by atoms with Gasteiger partial charge in [0.25, 0.3) is 0 Å². The Morgan fingerprint density at radius 2 is 2.00 bits per heavy atom. The largest absolute Gasteiger partial charge is 0.508 e. The summed E-state index contributed by atoms with van der Waals surface area (Å²) in [4.78, 5) is 2.51. The van der Waals surface area contributed by atoms with Crippen LogP contribution in [0.15, 0.2) is 24.3 Å². The molecule has 2 rings (SSSR count). The highest BCUT2D eigenvalue weighted by Crippen LogP contribution is 2.18. The predicted molar refractivity (Wildman–Crippen MR) is 72.9 cm³/mol. The Morgan fingerprint density at radius 1 is 1.33 bits per heavy atom. The fraction of sp³-hybridized carbons (Fsp3) is 0.600. The van der Waals surface area contributed by atoms with E-state index in [0.717, 1.165) is 19.6 Å². The average Bonchev–Trinajstić information content (AvgIpc) is 2.35. The normalized spacial score (nSPS) is 27.1. The zero-order valence-electron chi connectivity index (χ0n) is 11.5. The van der Waals surface area contributed by atoms with Gasteiger partial charge in [-0.1, -0.05) is 12.1 Å². The molecule has 1 fully saturated rings. The zero-order valence-corrected chi connectivity index (χ0v) is 11.5. The number of hydrogen-bond acceptors (Lipinski definition) is 3. The highest BCUT2D eigenvalue weighted by atomic mass is 16.5. The summed E-state index contributed by atoms with van der Waals surface area (Å²) in [5, 5.41) is 9.29. The van der Waals surface area contributed by atoms with E-state index in [2.05, 4.69) is 25.7 Å². The summed E-state index contributed by atoms with van der Waals surface area (Å²) in [5.74, 6) is 0.333. The maximum Gasteiger partial charge on any atom is 0.115 e. The van der Waals surface area contributed by atoms with E-state index in [0.29, 0.717) is 23.9 Å². The summed E-state index contributed by atoms with van der Waals surface area (Å²) >= 11 is 0. The maximum atomic E-state index is 9.29. The van der Waals surface area contributed by atoms with E-state index in [4.69, 9.17) is 4.74 Å². The third-order valence-electron chi connectivity index (χ3n) is 3.69. The van der Waals surface area contributed by atoms with Crippen molar-refractivity contribution >= 4 is 0 Å². The number of rotatable bonds is 3. The van der Waals surface area contributed by atoms with Gasteiger partial charge >= 0.3 is 0 Å². The molecule has 1 heterocycles. The molecule has 1 aliphatic rings. The number of benzene rings is 1. The number of ether oxygens (including phenoxy) is 1. The second-order valence-corrected chi connectivity index (χ2v) is 5.41. The Labute approximate surface area is 109 Å². The number of morpholine rings is 1. The number of phenols is 1. The van der Waals surface area contributed by atoms with Crippen molar-refractivity contribution in [1.29, 1.82) is 0 Å². The molecule has 0 amide bonds. The molecule has 3 unspecified atom stereocenters. The van der Waals surface area contributed by atoms with Crippen molar-refractivity contribution in [2.75, 3.05) is 13.2 Å². The lowest BCUT2D eigenvalue weighted by Gasteiger charge is -2.40. The van der Waals surface area contributed by atoms with Crippen LogP contribution in [0.2, 0.25) is 0 Å². The lowest BCUT2D eigenvalue weighted by atomic mass is 10.0. The van der Waals surface area contributed by atoms with Gasteiger partial charge < -0.3 is 9.84 Å². The van der Waals surface area contributed by atoms with E-state index in [1.165, 1.54) is 5.56 Å². The van der Waals surface area contributed by atoms with E-state index >= 15 is 0 Å². The van der Waals surface area contributed by atoms with E-state index in [1.54, 1.807) is 12.1 Å². The molecular formula is C15H23NO2. The van der Waals surface area contributed by atoms with Gasteiger partial charge in [0.1, 0.15) is 5.75 Å². The van der Waals surface area contributed by atoms with E-state index in [9.17, 15) is 5.11 Å². The summed E-state index contributed by atoms with van der Waals surface area (Å²) in [5.41, 5.74) is 1.27. The summed E-state index contributed by atoms with van der Waals surface area (Å²) in [7, 11) is 0. The van der Waals surface area contributed by atoms with Crippen LogP contribution in [0.25, 0.3) is 0 Å². The average molecular weight is 249 g/mol. The molecule has 3 atom stereocenters. The van der Waals surface area contributed by atoms with Gasteiger partial charge in [0.05, 0.1) is 12.7 Å². The molecule has 100 valence electrons. The van der Waals surface area contributed by atoms with Gasteiger partial charge in [-0.05, 0) is 44.9 Å². The number of nitrogens with zero attached hydrogens (tertiary/aromatic N) is 1. The molecule has 1 aromatic carbocycles. The van der Waals surface area contributed by atoms with Crippen molar-refractivity contribution in [2.45, 2.75) is 45.4 Å². The molecule has 0 aliphatic carbocycles. The van der Waals surface area contributed by atoms with Crippen LogP contribution in [0, 0.1) is 0 Å². The van der Waals surface area contributed by atoms with Crippen molar-refractivity contribution in [3.8, 4) is 5.75 Å². The van der Waals surface area contributed by atoms with Gasteiger partial charge in [-0.2, -0.15) is 0 Å². The Morgan fingerprint density at radius 3 is 2.67 bits per heavy atom. The van der Waals surface area contributed by atoms with Crippen LogP contribution in [0.3, 0.4) is 0 Å². The Balaban J connectivity index is 1.98. The van der Waals surface area contributed by atoms with Gasteiger partial charge in [0.2, 0.25) is 0 Å². The standard InChI is InChI=1S/C15H23NO2/c1-11(8-14-4-6-15(17)7-5-14)16-9-13(3)18-10-12(16)2/h4-7,11-13,17H,8-10H2,1-3H3. The third kappa shape index (κ3) is 3.24. The minimum Gasteiger partial charge on any atom is -0.508 e. The van der Waals surface area contributed by atoms with E-state index in [1.807, 2.05) is 12.1 Å². The van der Waals surface area contributed by atoms with Crippen molar-refractivity contribution in [1.82, 2.24) is 4.90 Å². The molecule has 1 aliphatic heterocycles. The summed E-state index contributed by atoms with van der Waals surface area (Å²) in [6, 6.07) is 8.49. The molecule has 0 radical (unpaired) electrons. The first kappa shape index (κ1) is 13.4. The van der Waals surface area contributed by atoms with Gasteiger partial charge in [-0.3, -0.25) is 4.90 Å². The van der Waals surface area contributed by atoms with Crippen LogP contribution in [-0.2, 0) is 11.2 Å².